The second kappa shape index (κ2) is 8.62. The summed E-state index contributed by atoms with van der Waals surface area (Å²) < 4.78 is 0. The maximum absolute atomic E-state index is 12.2. The van der Waals surface area contributed by atoms with Gasteiger partial charge in [-0.15, -0.1) is 0 Å². The van der Waals surface area contributed by atoms with Crippen LogP contribution < -0.4 is 10.6 Å². The molecule has 0 heterocycles. The second-order valence-electron chi connectivity index (χ2n) is 6.13. The standard InChI is InChI=1S/C17H25N3O3/c1-13-7-6-10-15(16(13)20(22)23)17(21)19-12-11-18-14-8-4-2-3-5-9-14/h6-7,10,14,18H,2-5,8-9,11-12H2,1H3,(H,19,21). The molecule has 23 heavy (non-hydrogen) atoms. The molecule has 1 aromatic rings. The number of para-hydroxylation sites is 1. The van der Waals surface area contributed by atoms with Crippen LogP contribution in [0.3, 0.4) is 0 Å². The van der Waals surface area contributed by atoms with Crippen molar-refractivity contribution in [2.75, 3.05) is 13.1 Å². The molecule has 0 bridgehead atoms. The summed E-state index contributed by atoms with van der Waals surface area (Å²) in [5, 5.41) is 17.4. The molecule has 6 nitrogen and oxygen atoms in total. The van der Waals surface area contributed by atoms with Crippen molar-refractivity contribution in [2.45, 2.75) is 51.5 Å². The summed E-state index contributed by atoms with van der Waals surface area (Å²) in [5.41, 5.74) is 0.519. The first kappa shape index (κ1) is 17.4. The molecule has 1 fully saturated rings. The van der Waals surface area contributed by atoms with Gasteiger partial charge in [-0.2, -0.15) is 0 Å². The van der Waals surface area contributed by atoms with Crippen molar-refractivity contribution in [3.8, 4) is 0 Å². The molecule has 0 radical (unpaired) electrons. The number of carbonyl (C=O) groups is 1. The van der Waals surface area contributed by atoms with Gasteiger partial charge in [0.1, 0.15) is 5.56 Å². The van der Waals surface area contributed by atoms with Crippen LogP contribution in [0.15, 0.2) is 18.2 Å². The van der Waals surface area contributed by atoms with Gasteiger partial charge in [0.05, 0.1) is 4.92 Å². The number of aryl methyl sites for hydroxylation is 1. The summed E-state index contributed by atoms with van der Waals surface area (Å²) >= 11 is 0. The van der Waals surface area contributed by atoms with Crippen LogP contribution in [0.1, 0.15) is 54.4 Å². The van der Waals surface area contributed by atoms with Crippen LogP contribution in [-0.2, 0) is 0 Å². The highest BCUT2D eigenvalue weighted by Crippen LogP contribution is 2.22. The van der Waals surface area contributed by atoms with Crippen molar-refractivity contribution in [3.05, 3.63) is 39.4 Å². The first-order valence-electron chi connectivity index (χ1n) is 8.35. The molecule has 1 saturated carbocycles. The lowest BCUT2D eigenvalue weighted by Gasteiger charge is -2.16. The number of nitro groups is 1. The van der Waals surface area contributed by atoms with Gasteiger partial charge in [0.2, 0.25) is 0 Å². The third-order valence-corrected chi connectivity index (χ3v) is 4.36. The Kier molecular flexibility index (Phi) is 6.52. The van der Waals surface area contributed by atoms with Gasteiger partial charge in [-0.3, -0.25) is 14.9 Å². The summed E-state index contributed by atoms with van der Waals surface area (Å²) in [6.45, 7) is 2.80. The summed E-state index contributed by atoms with van der Waals surface area (Å²) in [6, 6.07) is 5.34. The average molecular weight is 319 g/mol. The molecule has 6 heteroatoms. The summed E-state index contributed by atoms with van der Waals surface area (Å²) in [5.74, 6) is -0.386. The highest BCUT2D eigenvalue weighted by atomic mass is 16.6. The van der Waals surface area contributed by atoms with E-state index in [9.17, 15) is 14.9 Å². The fourth-order valence-electron chi connectivity index (χ4n) is 3.12. The Balaban J connectivity index is 1.83. The Hall–Kier alpha value is -1.95. The van der Waals surface area contributed by atoms with Gasteiger partial charge in [-0.1, -0.05) is 37.8 Å². The number of hydrogen-bond donors (Lipinski definition) is 2. The monoisotopic (exact) mass is 319 g/mol. The zero-order valence-electron chi connectivity index (χ0n) is 13.6. The van der Waals surface area contributed by atoms with Gasteiger partial charge in [0, 0.05) is 24.7 Å². The molecule has 0 saturated heterocycles. The van der Waals surface area contributed by atoms with E-state index in [0.29, 0.717) is 24.7 Å². The van der Waals surface area contributed by atoms with Gasteiger partial charge in [0.15, 0.2) is 0 Å². The SMILES string of the molecule is Cc1cccc(C(=O)NCCNC2CCCCCC2)c1[N+](=O)[O-]. The minimum atomic E-state index is -0.492. The molecule has 0 unspecified atom stereocenters. The van der Waals surface area contributed by atoms with Crippen molar-refractivity contribution in [3.63, 3.8) is 0 Å². The first-order valence-corrected chi connectivity index (χ1v) is 8.35. The molecule has 2 N–H and O–H groups in total. The van der Waals surface area contributed by atoms with Crippen LogP contribution in [0.2, 0.25) is 0 Å². The minimum Gasteiger partial charge on any atom is -0.351 e. The number of amides is 1. The maximum atomic E-state index is 12.2. The number of rotatable bonds is 6. The molecule has 126 valence electrons. The highest BCUT2D eigenvalue weighted by Gasteiger charge is 2.22. The minimum absolute atomic E-state index is 0.110. The summed E-state index contributed by atoms with van der Waals surface area (Å²) in [7, 11) is 0. The van der Waals surface area contributed by atoms with E-state index in [-0.39, 0.29) is 17.2 Å². The van der Waals surface area contributed by atoms with E-state index in [2.05, 4.69) is 10.6 Å². The van der Waals surface area contributed by atoms with Gasteiger partial charge >= 0.3 is 0 Å². The van der Waals surface area contributed by atoms with E-state index < -0.39 is 4.92 Å². The van der Waals surface area contributed by atoms with E-state index in [1.165, 1.54) is 44.6 Å². The van der Waals surface area contributed by atoms with E-state index in [1.807, 2.05) is 0 Å². The molecule has 0 atom stereocenters. The number of carbonyl (C=O) groups excluding carboxylic acids is 1. The smallest absolute Gasteiger partial charge is 0.285 e. The van der Waals surface area contributed by atoms with Crippen LogP contribution in [0.4, 0.5) is 5.69 Å². The Morgan fingerprint density at radius 2 is 1.91 bits per heavy atom. The number of hydrogen-bond acceptors (Lipinski definition) is 4. The van der Waals surface area contributed by atoms with Crippen LogP contribution in [0.25, 0.3) is 0 Å². The van der Waals surface area contributed by atoms with Gasteiger partial charge in [0.25, 0.3) is 11.6 Å². The van der Waals surface area contributed by atoms with Crippen LogP contribution in [0.5, 0.6) is 0 Å². The fraction of sp³-hybridized carbons (Fsp3) is 0.588. The molecule has 1 aliphatic rings. The van der Waals surface area contributed by atoms with Crippen LogP contribution in [0, 0.1) is 17.0 Å². The second-order valence-corrected chi connectivity index (χ2v) is 6.13. The number of nitrogens with zero attached hydrogens (tertiary/aromatic N) is 1. The predicted molar refractivity (Wildman–Crippen MR) is 89.7 cm³/mol. The normalized spacial score (nSPS) is 15.9. The van der Waals surface area contributed by atoms with Gasteiger partial charge < -0.3 is 10.6 Å². The Labute approximate surface area is 136 Å². The number of nitrogens with one attached hydrogen (secondary N) is 2. The fourth-order valence-corrected chi connectivity index (χ4v) is 3.12. The number of nitro benzene ring substituents is 1. The summed E-state index contributed by atoms with van der Waals surface area (Å²) in [4.78, 5) is 22.8. The molecule has 1 aliphatic carbocycles. The molecular weight excluding hydrogens is 294 g/mol. The van der Waals surface area contributed by atoms with Crippen molar-refractivity contribution in [1.82, 2.24) is 10.6 Å². The topological polar surface area (TPSA) is 84.3 Å². The Morgan fingerprint density at radius 1 is 1.22 bits per heavy atom. The average Bonchev–Trinajstić information content (AvgIpc) is 2.79. The van der Waals surface area contributed by atoms with Gasteiger partial charge in [-0.25, -0.2) is 0 Å². The first-order chi connectivity index (χ1) is 11.1. The molecule has 2 rings (SSSR count). The van der Waals surface area contributed by atoms with E-state index >= 15 is 0 Å². The van der Waals surface area contributed by atoms with E-state index in [4.69, 9.17) is 0 Å². The largest absolute Gasteiger partial charge is 0.351 e. The number of benzene rings is 1. The molecule has 0 aromatic heterocycles. The van der Waals surface area contributed by atoms with E-state index in [0.717, 1.165) is 0 Å². The Morgan fingerprint density at radius 3 is 2.57 bits per heavy atom. The molecule has 1 amide bonds. The zero-order chi connectivity index (χ0) is 16.7. The predicted octanol–water partition coefficient (Wildman–Crippen LogP) is 2.95. The third kappa shape index (κ3) is 5.03. The van der Waals surface area contributed by atoms with Crippen molar-refractivity contribution < 1.29 is 9.72 Å². The van der Waals surface area contributed by atoms with Crippen LogP contribution >= 0.6 is 0 Å². The highest BCUT2D eigenvalue weighted by molar-refractivity contribution is 5.98. The summed E-state index contributed by atoms with van der Waals surface area (Å²) in [6.07, 6.45) is 7.53. The molecule has 0 spiro atoms. The Bertz CT molecular complexity index is 552. The van der Waals surface area contributed by atoms with Crippen molar-refractivity contribution >= 4 is 11.6 Å². The quantitative estimate of drug-likeness (QED) is 0.365. The van der Waals surface area contributed by atoms with Crippen molar-refractivity contribution in [1.29, 1.82) is 0 Å². The molecular formula is C17H25N3O3. The van der Waals surface area contributed by atoms with Crippen molar-refractivity contribution in [2.24, 2.45) is 0 Å². The van der Waals surface area contributed by atoms with Gasteiger partial charge in [-0.05, 0) is 25.8 Å². The zero-order valence-corrected chi connectivity index (χ0v) is 13.6. The van der Waals surface area contributed by atoms with Crippen LogP contribution in [-0.4, -0.2) is 30.0 Å². The molecule has 1 aromatic carbocycles. The molecule has 0 aliphatic heterocycles. The van der Waals surface area contributed by atoms with E-state index in [1.54, 1.807) is 19.1 Å². The lowest BCUT2D eigenvalue weighted by molar-refractivity contribution is -0.385. The maximum Gasteiger partial charge on any atom is 0.285 e. The third-order valence-electron chi connectivity index (χ3n) is 4.36. The lowest BCUT2D eigenvalue weighted by atomic mass is 10.1. The lowest BCUT2D eigenvalue weighted by Crippen LogP contribution is -2.37.